The van der Waals surface area contributed by atoms with Gasteiger partial charge in [0.2, 0.25) is 0 Å². The molecule has 0 fully saturated rings. The highest BCUT2D eigenvalue weighted by Gasteiger charge is 1.93. The molecule has 2 nitrogen and oxygen atoms in total. The first-order valence-corrected chi connectivity index (χ1v) is 10.5. The summed E-state index contributed by atoms with van der Waals surface area (Å²) in [5.41, 5.74) is 0. The Balaban J connectivity index is 0. The SMILES string of the molecule is CC(O)CCCO.CCCCCCCCCCCCCCCC. The molecule has 0 aromatic rings. The Kier molecular flexibility index (Phi) is 26.5. The van der Waals surface area contributed by atoms with Gasteiger partial charge >= 0.3 is 0 Å². The van der Waals surface area contributed by atoms with Gasteiger partial charge in [0.15, 0.2) is 0 Å². The van der Waals surface area contributed by atoms with Crippen molar-refractivity contribution in [1.82, 2.24) is 0 Å². The van der Waals surface area contributed by atoms with Crippen LogP contribution in [0.4, 0.5) is 0 Å². The molecule has 23 heavy (non-hydrogen) atoms. The van der Waals surface area contributed by atoms with Gasteiger partial charge in [0.1, 0.15) is 0 Å². The third-order valence-corrected chi connectivity index (χ3v) is 4.24. The van der Waals surface area contributed by atoms with E-state index in [0.717, 1.165) is 0 Å². The third kappa shape index (κ3) is 30.4. The Morgan fingerprint density at radius 3 is 1.04 bits per heavy atom. The van der Waals surface area contributed by atoms with Crippen molar-refractivity contribution < 1.29 is 10.2 Å². The van der Waals surface area contributed by atoms with E-state index in [-0.39, 0.29) is 12.7 Å². The standard InChI is InChI=1S/C16H34.C5H12O2/c1-3-5-7-9-11-13-15-16-14-12-10-8-6-4-2;1-5(7)3-2-4-6/h3-16H2,1-2H3;5-7H,2-4H2,1H3. The van der Waals surface area contributed by atoms with E-state index in [2.05, 4.69) is 13.8 Å². The van der Waals surface area contributed by atoms with Crippen LogP contribution in [0.2, 0.25) is 0 Å². The van der Waals surface area contributed by atoms with E-state index >= 15 is 0 Å². The lowest BCUT2D eigenvalue weighted by molar-refractivity contribution is 0.167. The van der Waals surface area contributed by atoms with E-state index < -0.39 is 0 Å². The first-order chi connectivity index (χ1) is 11.2. The molecule has 0 aliphatic carbocycles. The van der Waals surface area contributed by atoms with Gasteiger partial charge in [0.05, 0.1) is 6.10 Å². The van der Waals surface area contributed by atoms with Gasteiger partial charge in [-0.2, -0.15) is 0 Å². The molecule has 0 aromatic heterocycles. The molecule has 0 saturated heterocycles. The number of aliphatic hydroxyl groups is 2. The van der Waals surface area contributed by atoms with Crippen molar-refractivity contribution in [2.45, 2.75) is 130 Å². The van der Waals surface area contributed by atoms with Crippen LogP contribution in [0.1, 0.15) is 124 Å². The minimum absolute atomic E-state index is 0.185. The molecule has 142 valence electrons. The highest BCUT2D eigenvalue weighted by Crippen LogP contribution is 2.12. The Hall–Kier alpha value is -0.0800. The summed E-state index contributed by atoms with van der Waals surface area (Å²) in [6.45, 7) is 6.48. The lowest BCUT2D eigenvalue weighted by atomic mass is 10.0. The quantitative estimate of drug-likeness (QED) is 0.312. The molecule has 0 rings (SSSR count). The second-order valence-electron chi connectivity index (χ2n) is 6.96. The smallest absolute Gasteiger partial charge is 0.0513 e. The van der Waals surface area contributed by atoms with Gasteiger partial charge in [-0.05, 0) is 19.8 Å². The van der Waals surface area contributed by atoms with Gasteiger partial charge in [0.25, 0.3) is 0 Å². The summed E-state index contributed by atoms with van der Waals surface area (Å²) >= 11 is 0. The van der Waals surface area contributed by atoms with E-state index in [1.54, 1.807) is 6.92 Å². The van der Waals surface area contributed by atoms with Crippen molar-refractivity contribution in [3.63, 3.8) is 0 Å². The van der Waals surface area contributed by atoms with Crippen LogP contribution in [0, 0.1) is 0 Å². The normalized spacial score (nSPS) is 11.9. The summed E-state index contributed by atoms with van der Waals surface area (Å²) in [4.78, 5) is 0. The Morgan fingerprint density at radius 2 is 0.870 bits per heavy atom. The van der Waals surface area contributed by atoms with E-state index in [1.165, 1.54) is 89.9 Å². The Labute approximate surface area is 147 Å². The minimum Gasteiger partial charge on any atom is -0.396 e. The van der Waals surface area contributed by atoms with Gasteiger partial charge in [0, 0.05) is 6.61 Å². The van der Waals surface area contributed by atoms with E-state index in [1.807, 2.05) is 0 Å². The summed E-state index contributed by atoms with van der Waals surface area (Å²) < 4.78 is 0. The second-order valence-corrected chi connectivity index (χ2v) is 6.96. The number of hydrogen-bond acceptors (Lipinski definition) is 2. The highest BCUT2D eigenvalue weighted by molar-refractivity contribution is 4.48. The predicted molar refractivity (Wildman–Crippen MR) is 104 cm³/mol. The summed E-state index contributed by atoms with van der Waals surface area (Å²) in [6, 6.07) is 0. The Morgan fingerprint density at radius 1 is 0.565 bits per heavy atom. The number of rotatable bonds is 16. The molecule has 0 amide bonds. The van der Waals surface area contributed by atoms with Crippen LogP contribution in [-0.2, 0) is 0 Å². The average Bonchev–Trinajstić information content (AvgIpc) is 2.54. The van der Waals surface area contributed by atoms with Crippen LogP contribution >= 0.6 is 0 Å². The summed E-state index contributed by atoms with van der Waals surface area (Å²) in [5.74, 6) is 0. The number of aliphatic hydroxyl groups excluding tert-OH is 2. The van der Waals surface area contributed by atoms with Crippen LogP contribution in [0.3, 0.4) is 0 Å². The molecule has 0 heterocycles. The molecule has 0 spiro atoms. The minimum atomic E-state index is -0.257. The molecule has 0 radical (unpaired) electrons. The van der Waals surface area contributed by atoms with Crippen molar-refractivity contribution in [2.75, 3.05) is 6.61 Å². The average molecular weight is 331 g/mol. The monoisotopic (exact) mass is 330 g/mol. The summed E-state index contributed by atoms with van der Waals surface area (Å²) in [7, 11) is 0. The maximum atomic E-state index is 8.57. The van der Waals surface area contributed by atoms with Gasteiger partial charge in [-0.1, -0.05) is 104 Å². The summed E-state index contributed by atoms with van der Waals surface area (Å²) in [5, 5.41) is 16.8. The predicted octanol–water partition coefficient (Wildman–Crippen LogP) is 6.63. The molecule has 0 bridgehead atoms. The number of unbranched alkanes of at least 4 members (excludes halogenated alkanes) is 13. The molecule has 2 N–H and O–H groups in total. The van der Waals surface area contributed by atoms with Gasteiger partial charge in [-0.25, -0.2) is 0 Å². The molecule has 1 unspecified atom stereocenters. The van der Waals surface area contributed by atoms with Crippen LogP contribution in [0.15, 0.2) is 0 Å². The number of hydrogen-bond donors (Lipinski definition) is 2. The van der Waals surface area contributed by atoms with Crippen molar-refractivity contribution in [1.29, 1.82) is 0 Å². The van der Waals surface area contributed by atoms with Gasteiger partial charge in [-0.15, -0.1) is 0 Å². The van der Waals surface area contributed by atoms with Crippen molar-refractivity contribution in [2.24, 2.45) is 0 Å². The van der Waals surface area contributed by atoms with Crippen LogP contribution < -0.4 is 0 Å². The zero-order valence-electron chi connectivity index (χ0n) is 16.5. The van der Waals surface area contributed by atoms with Crippen molar-refractivity contribution in [3.05, 3.63) is 0 Å². The van der Waals surface area contributed by atoms with E-state index in [9.17, 15) is 0 Å². The molecular weight excluding hydrogens is 284 g/mol. The van der Waals surface area contributed by atoms with Crippen LogP contribution in [0.25, 0.3) is 0 Å². The molecular formula is C21H46O2. The molecule has 0 aliphatic heterocycles. The largest absolute Gasteiger partial charge is 0.396 e. The maximum Gasteiger partial charge on any atom is 0.0513 e. The molecule has 2 heteroatoms. The van der Waals surface area contributed by atoms with E-state index in [4.69, 9.17) is 10.2 Å². The topological polar surface area (TPSA) is 40.5 Å². The second kappa shape index (κ2) is 24.2. The maximum absolute atomic E-state index is 8.57. The fourth-order valence-corrected chi connectivity index (χ4v) is 2.65. The molecule has 1 atom stereocenters. The lowest BCUT2D eigenvalue weighted by Gasteiger charge is -2.02. The fraction of sp³-hybridized carbons (Fsp3) is 1.00. The molecule has 0 saturated carbocycles. The summed E-state index contributed by atoms with van der Waals surface area (Å²) in [6.07, 6.45) is 21.6. The van der Waals surface area contributed by atoms with Crippen molar-refractivity contribution in [3.8, 4) is 0 Å². The van der Waals surface area contributed by atoms with Crippen LogP contribution in [-0.4, -0.2) is 22.9 Å². The zero-order valence-corrected chi connectivity index (χ0v) is 16.5. The Bertz CT molecular complexity index is 167. The van der Waals surface area contributed by atoms with E-state index in [0.29, 0.717) is 12.8 Å². The zero-order chi connectivity index (χ0) is 17.6. The molecule has 0 aliphatic rings. The van der Waals surface area contributed by atoms with Crippen molar-refractivity contribution >= 4 is 0 Å². The van der Waals surface area contributed by atoms with Gasteiger partial charge in [-0.3, -0.25) is 0 Å². The molecule has 0 aromatic carbocycles. The fourth-order valence-electron chi connectivity index (χ4n) is 2.65. The lowest BCUT2D eigenvalue weighted by Crippen LogP contribution is -1.99. The van der Waals surface area contributed by atoms with Crippen LogP contribution in [0.5, 0.6) is 0 Å². The van der Waals surface area contributed by atoms with Gasteiger partial charge < -0.3 is 10.2 Å². The first kappa shape index (κ1) is 25.2. The highest BCUT2D eigenvalue weighted by atomic mass is 16.3. The third-order valence-electron chi connectivity index (χ3n) is 4.24. The first-order valence-electron chi connectivity index (χ1n) is 10.5.